The summed E-state index contributed by atoms with van der Waals surface area (Å²) in [6.07, 6.45) is 0. The fourth-order valence-corrected chi connectivity index (χ4v) is 2.67. The van der Waals surface area contributed by atoms with E-state index < -0.39 is 6.04 Å². The number of anilines is 1. The maximum Gasteiger partial charge on any atom is 0.328 e. The molecule has 0 aliphatic rings. The lowest BCUT2D eigenvalue weighted by Gasteiger charge is -2.09. The van der Waals surface area contributed by atoms with Crippen LogP contribution in [0.15, 0.2) is 22.7 Å². The van der Waals surface area contributed by atoms with Gasteiger partial charge >= 0.3 is 5.97 Å². The highest BCUT2D eigenvalue weighted by atomic mass is 79.9. The van der Waals surface area contributed by atoms with E-state index in [1.54, 1.807) is 6.92 Å². The van der Waals surface area contributed by atoms with E-state index in [2.05, 4.69) is 31.0 Å². The van der Waals surface area contributed by atoms with Crippen molar-refractivity contribution in [2.45, 2.75) is 13.0 Å². The molecule has 1 aromatic heterocycles. The number of halogens is 1. The Labute approximate surface area is 111 Å². The Morgan fingerprint density at radius 2 is 2.35 bits per heavy atom. The topological polar surface area (TPSA) is 51.2 Å². The van der Waals surface area contributed by atoms with Crippen LogP contribution in [0.3, 0.4) is 0 Å². The molecule has 0 amide bonds. The van der Waals surface area contributed by atoms with Crippen LogP contribution in [-0.2, 0) is 9.53 Å². The summed E-state index contributed by atoms with van der Waals surface area (Å²) in [5, 5.41) is 3.74. The van der Waals surface area contributed by atoms with Crippen LogP contribution < -0.4 is 5.32 Å². The van der Waals surface area contributed by atoms with E-state index in [4.69, 9.17) is 0 Å². The van der Waals surface area contributed by atoms with Crippen LogP contribution in [0.4, 0.5) is 5.13 Å². The Morgan fingerprint density at radius 1 is 1.59 bits per heavy atom. The summed E-state index contributed by atoms with van der Waals surface area (Å²) in [6.45, 7) is 1.74. The third kappa shape index (κ3) is 2.76. The van der Waals surface area contributed by atoms with Gasteiger partial charge in [0.25, 0.3) is 0 Å². The van der Waals surface area contributed by atoms with Crippen molar-refractivity contribution in [1.82, 2.24) is 4.98 Å². The Kier molecular flexibility index (Phi) is 3.63. The van der Waals surface area contributed by atoms with Crippen LogP contribution >= 0.6 is 27.3 Å². The Balaban J connectivity index is 2.22. The minimum Gasteiger partial charge on any atom is -0.467 e. The summed E-state index contributed by atoms with van der Waals surface area (Å²) in [7, 11) is 1.37. The zero-order valence-electron chi connectivity index (χ0n) is 9.36. The number of carbonyl (C=O) groups excluding carboxylic acids is 1. The molecule has 1 heterocycles. The van der Waals surface area contributed by atoms with Gasteiger partial charge in [-0.15, -0.1) is 0 Å². The van der Waals surface area contributed by atoms with E-state index in [-0.39, 0.29) is 5.97 Å². The normalized spacial score (nSPS) is 12.4. The number of hydrogen-bond donors (Lipinski definition) is 1. The number of nitrogens with one attached hydrogen (secondary N) is 1. The molecule has 1 N–H and O–H groups in total. The van der Waals surface area contributed by atoms with Crippen LogP contribution in [0.1, 0.15) is 6.92 Å². The number of ether oxygens (including phenoxy) is 1. The van der Waals surface area contributed by atoms with E-state index in [9.17, 15) is 4.79 Å². The maximum atomic E-state index is 11.3. The number of hydrogen-bond acceptors (Lipinski definition) is 5. The first-order valence-corrected chi connectivity index (χ1v) is 6.61. The van der Waals surface area contributed by atoms with E-state index in [1.807, 2.05) is 18.2 Å². The molecular formula is C11H11BrN2O2S. The second kappa shape index (κ2) is 5.01. The number of carbonyl (C=O) groups is 1. The highest BCUT2D eigenvalue weighted by molar-refractivity contribution is 9.10. The molecule has 0 bridgehead atoms. The largest absolute Gasteiger partial charge is 0.467 e. The molecular weight excluding hydrogens is 304 g/mol. The van der Waals surface area contributed by atoms with Crippen molar-refractivity contribution < 1.29 is 9.53 Å². The minimum absolute atomic E-state index is 0.301. The third-order valence-electron chi connectivity index (χ3n) is 2.24. The van der Waals surface area contributed by atoms with Gasteiger partial charge in [-0.3, -0.25) is 0 Å². The zero-order chi connectivity index (χ0) is 12.4. The first-order chi connectivity index (χ1) is 8.10. The van der Waals surface area contributed by atoms with Crippen LogP contribution in [0.2, 0.25) is 0 Å². The second-order valence-corrected chi connectivity index (χ2v) is 5.47. The van der Waals surface area contributed by atoms with E-state index in [1.165, 1.54) is 18.4 Å². The summed E-state index contributed by atoms with van der Waals surface area (Å²) in [4.78, 5) is 15.7. The molecule has 2 aromatic rings. The number of thiazole rings is 1. The fourth-order valence-electron chi connectivity index (χ4n) is 1.38. The maximum absolute atomic E-state index is 11.3. The molecule has 0 saturated carbocycles. The molecule has 0 radical (unpaired) electrons. The van der Waals surface area contributed by atoms with Gasteiger partial charge < -0.3 is 10.1 Å². The first kappa shape index (κ1) is 12.3. The number of esters is 1. The third-order valence-corrected chi connectivity index (χ3v) is 3.71. The lowest BCUT2D eigenvalue weighted by Crippen LogP contribution is -2.26. The molecule has 0 aliphatic carbocycles. The number of aromatic nitrogens is 1. The molecule has 6 heteroatoms. The molecule has 0 saturated heterocycles. The highest BCUT2D eigenvalue weighted by Gasteiger charge is 2.14. The van der Waals surface area contributed by atoms with Crippen LogP contribution in [0, 0.1) is 0 Å². The Bertz CT molecular complexity index is 555. The monoisotopic (exact) mass is 314 g/mol. The minimum atomic E-state index is -0.399. The van der Waals surface area contributed by atoms with Gasteiger partial charge in [0.15, 0.2) is 5.13 Å². The number of nitrogens with zero attached hydrogens (tertiary/aromatic N) is 1. The number of fused-ring (bicyclic) bond motifs is 1. The quantitative estimate of drug-likeness (QED) is 0.885. The van der Waals surface area contributed by atoms with Crippen LogP contribution in [-0.4, -0.2) is 24.1 Å². The van der Waals surface area contributed by atoms with E-state index in [0.29, 0.717) is 0 Å². The second-order valence-electron chi connectivity index (χ2n) is 3.52. The van der Waals surface area contributed by atoms with Crippen molar-refractivity contribution in [3.8, 4) is 0 Å². The van der Waals surface area contributed by atoms with Crippen LogP contribution in [0.5, 0.6) is 0 Å². The van der Waals surface area contributed by atoms with Crippen molar-refractivity contribution in [3.05, 3.63) is 22.7 Å². The van der Waals surface area contributed by atoms with Crippen molar-refractivity contribution in [2.75, 3.05) is 12.4 Å². The van der Waals surface area contributed by atoms with E-state index >= 15 is 0 Å². The van der Waals surface area contributed by atoms with Gasteiger partial charge in [-0.05, 0) is 25.1 Å². The highest BCUT2D eigenvalue weighted by Crippen LogP contribution is 2.28. The van der Waals surface area contributed by atoms with Crippen molar-refractivity contribution >= 4 is 48.6 Å². The average molecular weight is 315 g/mol. The summed E-state index contributed by atoms with van der Waals surface area (Å²) >= 11 is 4.91. The molecule has 17 heavy (non-hydrogen) atoms. The number of methoxy groups -OCH3 is 1. The fraction of sp³-hybridized carbons (Fsp3) is 0.273. The summed E-state index contributed by atoms with van der Waals surface area (Å²) in [5.41, 5.74) is 0.906. The Hall–Kier alpha value is -1.14. The predicted octanol–water partition coefficient (Wildman–Crippen LogP) is 3.03. The molecule has 4 nitrogen and oxygen atoms in total. The van der Waals surface area contributed by atoms with Crippen LogP contribution in [0.25, 0.3) is 10.2 Å². The van der Waals surface area contributed by atoms with Crippen molar-refractivity contribution in [3.63, 3.8) is 0 Å². The first-order valence-electron chi connectivity index (χ1n) is 5.00. The summed E-state index contributed by atoms with van der Waals surface area (Å²) < 4.78 is 6.71. The molecule has 1 atom stereocenters. The Morgan fingerprint density at radius 3 is 3.06 bits per heavy atom. The average Bonchev–Trinajstić information content (AvgIpc) is 2.69. The lowest BCUT2D eigenvalue weighted by molar-refractivity contribution is -0.141. The van der Waals surface area contributed by atoms with Crippen molar-refractivity contribution in [2.24, 2.45) is 0 Å². The molecule has 90 valence electrons. The van der Waals surface area contributed by atoms with Gasteiger partial charge in [0.2, 0.25) is 0 Å². The molecule has 2 rings (SSSR count). The lowest BCUT2D eigenvalue weighted by atomic mass is 10.3. The van der Waals surface area contributed by atoms with Gasteiger partial charge in [-0.2, -0.15) is 0 Å². The standard InChI is InChI=1S/C11H11BrN2O2S/c1-6(10(15)16-2)13-11-14-8-5-7(12)3-4-9(8)17-11/h3-6H,1-2H3,(H,13,14). The molecule has 1 aromatic carbocycles. The summed E-state index contributed by atoms with van der Waals surface area (Å²) in [6, 6.07) is 5.50. The van der Waals surface area contributed by atoms with Gasteiger partial charge in [0.05, 0.1) is 17.3 Å². The SMILES string of the molecule is COC(=O)C(C)Nc1nc2cc(Br)ccc2s1. The number of rotatable bonds is 3. The van der Waals surface area contributed by atoms with Gasteiger partial charge in [-0.25, -0.2) is 9.78 Å². The predicted molar refractivity (Wildman–Crippen MR) is 72.4 cm³/mol. The van der Waals surface area contributed by atoms with Gasteiger partial charge in [0, 0.05) is 4.47 Å². The van der Waals surface area contributed by atoms with Crippen molar-refractivity contribution in [1.29, 1.82) is 0 Å². The molecule has 0 spiro atoms. The van der Waals surface area contributed by atoms with E-state index in [0.717, 1.165) is 19.8 Å². The molecule has 1 unspecified atom stereocenters. The summed E-state index contributed by atoms with van der Waals surface area (Å²) in [5.74, 6) is -0.301. The zero-order valence-corrected chi connectivity index (χ0v) is 11.8. The van der Waals surface area contributed by atoms with Gasteiger partial charge in [-0.1, -0.05) is 27.3 Å². The van der Waals surface area contributed by atoms with Gasteiger partial charge in [0.1, 0.15) is 6.04 Å². The molecule has 0 fully saturated rings. The number of benzene rings is 1. The smallest absolute Gasteiger partial charge is 0.328 e. The molecule has 0 aliphatic heterocycles.